The summed E-state index contributed by atoms with van der Waals surface area (Å²) in [5.41, 5.74) is 0.668. The fraction of sp³-hybridized carbons (Fsp3) is 0.400. The molecular formula is C15H18N2O5. The largest absolute Gasteiger partial charge is 0.496 e. The van der Waals surface area contributed by atoms with Gasteiger partial charge < -0.3 is 14.8 Å². The fourth-order valence-corrected chi connectivity index (χ4v) is 1.81. The highest BCUT2D eigenvalue weighted by Gasteiger charge is 2.24. The van der Waals surface area contributed by atoms with Crippen molar-refractivity contribution in [2.24, 2.45) is 0 Å². The normalized spacial score (nSPS) is 13.1. The number of methoxy groups -OCH3 is 1. The molecule has 2 rings (SSSR count). The van der Waals surface area contributed by atoms with Crippen LogP contribution in [-0.4, -0.2) is 37.7 Å². The predicted molar refractivity (Wildman–Crippen MR) is 77.4 cm³/mol. The van der Waals surface area contributed by atoms with Crippen molar-refractivity contribution in [3.8, 4) is 5.75 Å². The molecule has 0 spiro atoms. The Kier molecular flexibility index (Phi) is 5.35. The van der Waals surface area contributed by atoms with E-state index >= 15 is 0 Å². The number of hydrogen-bond donors (Lipinski definition) is 2. The Balaban J connectivity index is 1.72. The van der Waals surface area contributed by atoms with Crippen LogP contribution in [0.5, 0.6) is 5.75 Å². The minimum atomic E-state index is -0.661. The molecule has 1 aliphatic carbocycles. The SMILES string of the molecule is COc1ccccc1CC(=O)OCC(=O)NC(=O)NC1CC1. The summed E-state index contributed by atoms with van der Waals surface area (Å²) in [7, 11) is 1.51. The van der Waals surface area contributed by atoms with E-state index in [4.69, 9.17) is 9.47 Å². The second kappa shape index (κ2) is 7.44. The van der Waals surface area contributed by atoms with Crippen LogP contribution >= 0.6 is 0 Å². The monoisotopic (exact) mass is 306 g/mol. The first-order valence-corrected chi connectivity index (χ1v) is 6.96. The Hall–Kier alpha value is -2.57. The standard InChI is InChI=1S/C15H18N2O5/c1-21-12-5-3-2-4-10(12)8-14(19)22-9-13(18)17-15(20)16-11-6-7-11/h2-5,11H,6-9H2,1H3,(H2,16,17,18,20). The molecule has 0 atom stereocenters. The minimum absolute atomic E-state index is 0.00837. The third kappa shape index (κ3) is 5.08. The summed E-state index contributed by atoms with van der Waals surface area (Å²) in [5.74, 6) is -0.651. The Labute approximate surface area is 128 Å². The molecule has 0 saturated heterocycles. The summed E-state index contributed by atoms with van der Waals surface area (Å²) in [6, 6.07) is 6.63. The molecule has 1 aromatic carbocycles. The number of urea groups is 1. The molecular weight excluding hydrogens is 288 g/mol. The average Bonchev–Trinajstić information content (AvgIpc) is 3.29. The van der Waals surface area contributed by atoms with E-state index in [9.17, 15) is 14.4 Å². The number of carbonyl (C=O) groups is 3. The van der Waals surface area contributed by atoms with Crippen LogP contribution in [0.2, 0.25) is 0 Å². The van der Waals surface area contributed by atoms with Gasteiger partial charge >= 0.3 is 12.0 Å². The van der Waals surface area contributed by atoms with Crippen LogP contribution in [0.25, 0.3) is 0 Å². The van der Waals surface area contributed by atoms with Gasteiger partial charge in [0.1, 0.15) is 5.75 Å². The maximum atomic E-state index is 11.7. The minimum Gasteiger partial charge on any atom is -0.496 e. The number of carbonyl (C=O) groups excluding carboxylic acids is 3. The number of ether oxygens (including phenoxy) is 2. The topological polar surface area (TPSA) is 93.7 Å². The van der Waals surface area contributed by atoms with Crippen molar-refractivity contribution in [1.29, 1.82) is 0 Å². The highest BCUT2D eigenvalue weighted by molar-refractivity contribution is 5.95. The van der Waals surface area contributed by atoms with Crippen LogP contribution < -0.4 is 15.4 Å². The number of para-hydroxylation sites is 1. The number of amides is 3. The molecule has 0 radical (unpaired) electrons. The van der Waals surface area contributed by atoms with Gasteiger partial charge in [-0.05, 0) is 18.9 Å². The molecule has 0 unspecified atom stereocenters. The van der Waals surface area contributed by atoms with E-state index in [2.05, 4.69) is 10.6 Å². The Morgan fingerprint density at radius 3 is 2.64 bits per heavy atom. The molecule has 7 heteroatoms. The van der Waals surface area contributed by atoms with Gasteiger partial charge in [0.2, 0.25) is 0 Å². The van der Waals surface area contributed by atoms with Crippen molar-refractivity contribution in [2.75, 3.05) is 13.7 Å². The lowest BCUT2D eigenvalue weighted by atomic mass is 10.1. The van der Waals surface area contributed by atoms with Gasteiger partial charge in [-0.3, -0.25) is 14.9 Å². The quantitative estimate of drug-likeness (QED) is 0.757. The lowest BCUT2D eigenvalue weighted by Crippen LogP contribution is -2.42. The van der Waals surface area contributed by atoms with Crippen LogP contribution in [-0.2, 0) is 20.7 Å². The van der Waals surface area contributed by atoms with Crippen molar-refractivity contribution in [1.82, 2.24) is 10.6 Å². The molecule has 2 N–H and O–H groups in total. The summed E-state index contributed by atoms with van der Waals surface area (Å²) in [6.07, 6.45) is 1.84. The molecule has 0 heterocycles. The molecule has 1 aromatic rings. The Morgan fingerprint density at radius 2 is 1.95 bits per heavy atom. The van der Waals surface area contributed by atoms with Crippen molar-refractivity contribution >= 4 is 17.9 Å². The molecule has 22 heavy (non-hydrogen) atoms. The van der Waals surface area contributed by atoms with Gasteiger partial charge in [0, 0.05) is 11.6 Å². The highest BCUT2D eigenvalue weighted by atomic mass is 16.5. The highest BCUT2D eigenvalue weighted by Crippen LogP contribution is 2.18. The van der Waals surface area contributed by atoms with Gasteiger partial charge in [0.15, 0.2) is 6.61 Å². The van der Waals surface area contributed by atoms with Gasteiger partial charge in [-0.2, -0.15) is 0 Å². The van der Waals surface area contributed by atoms with Crippen LogP contribution in [0.4, 0.5) is 4.79 Å². The van der Waals surface area contributed by atoms with E-state index in [0.29, 0.717) is 11.3 Å². The summed E-state index contributed by atoms with van der Waals surface area (Å²) >= 11 is 0. The van der Waals surface area contributed by atoms with Crippen molar-refractivity contribution in [3.63, 3.8) is 0 Å². The summed E-state index contributed by atoms with van der Waals surface area (Å²) in [5, 5.41) is 4.70. The molecule has 1 fully saturated rings. The Bertz CT molecular complexity index is 569. The van der Waals surface area contributed by atoms with E-state index in [0.717, 1.165) is 12.8 Å². The molecule has 0 aliphatic heterocycles. The molecule has 1 saturated carbocycles. The zero-order valence-corrected chi connectivity index (χ0v) is 12.3. The molecule has 1 aliphatic rings. The molecule has 7 nitrogen and oxygen atoms in total. The van der Waals surface area contributed by atoms with Crippen molar-refractivity contribution in [2.45, 2.75) is 25.3 Å². The lowest BCUT2D eigenvalue weighted by molar-refractivity contribution is -0.147. The predicted octanol–water partition coefficient (Wildman–Crippen LogP) is 0.769. The molecule has 3 amide bonds. The zero-order valence-electron chi connectivity index (χ0n) is 12.3. The van der Waals surface area contributed by atoms with E-state index in [1.54, 1.807) is 24.3 Å². The van der Waals surface area contributed by atoms with Gasteiger partial charge in [-0.1, -0.05) is 18.2 Å². The first kappa shape index (κ1) is 15.8. The Morgan fingerprint density at radius 1 is 1.23 bits per heavy atom. The molecule has 118 valence electrons. The van der Waals surface area contributed by atoms with E-state index in [1.165, 1.54) is 7.11 Å². The van der Waals surface area contributed by atoms with E-state index < -0.39 is 24.5 Å². The van der Waals surface area contributed by atoms with Crippen LogP contribution in [0.15, 0.2) is 24.3 Å². The van der Waals surface area contributed by atoms with Gasteiger partial charge in [0.25, 0.3) is 5.91 Å². The van der Waals surface area contributed by atoms with Crippen molar-refractivity contribution in [3.05, 3.63) is 29.8 Å². The van der Waals surface area contributed by atoms with Gasteiger partial charge in [0.05, 0.1) is 13.5 Å². The third-order valence-electron chi connectivity index (χ3n) is 3.06. The maximum absolute atomic E-state index is 11.7. The smallest absolute Gasteiger partial charge is 0.321 e. The van der Waals surface area contributed by atoms with Crippen LogP contribution in [0, 0.1) is 0 Å². The van der Waals surface area contributed by atoms with Crippen molar-refractivity contribution < 1.29 is 23.9 Å². The maximum Gasteiger partial charge on any atom is 0.321 e. The van der Waals surface area contributed by atoms with Gasteiger partial charge in [-0.15, -0.1) is 0 Å². The molecule has 0 aromatic heterocycles. The number of imide groups is 1. The first-order valence-electron chi connectivity index (χ1n) is 6.96. The van der Waals surface area contributed by atoms with Gasteiger partial charge in [-0.25, -0.2) is 4.79 Å². The summed E-state index contributed by atoms with van der Waals surface area (Å²) in [4.78, 5) is 34.5. The van der Waals surface area contributed by atoms with Crippen LogP contribution in [0.1, 0.15) is 18.4 Å². The number of nitrogens with one attached hydrogen (secondary N) is 2. The van der Waals surface area contributed by atoms with E-state index in [-0.39, 0.29) is 12.5 Å². The molecule has 0 bridgehead atoms. The fourth-order valence-electron chi connectivity index (χ4n) is 1.81. The first-order chi connectivity index (χ1) is 10.6. The summed E-state index contributed by atoms with van der Waals surface area (Å²) < 4.78 is 9.97. The number of benzene rings is 1. The van der Waals surface area contributed by atoms with Crippen LogP contribution in [0.3, 0.4) is 0 Å². The zero-order chi connectivity index (χ0) is 15.9. The average molecular weight is 306 g/mol. The number of rotatable bonds is 6. The third-order valence-corrected chi connectivity index (χ3v) is 3.06. The number of esters is 1. The second-order valence-electron chi connectivity index (χ2n) is 4.95. The number of hydrogen-bond acceptors (Lipinski definition) is 5. The van der Waals surface area contributed by atoms with E-state index in [1.807, 2.05) is 0 Å². The lowest BCUT2D eigenvalue weighted by Gasteiger charge is -2.09. The summed E-state index contributed by atoms with van der Waals surface area (Å²) in [6.45, 7) is -0.494. The second-order valence-corrected chi connectivity index (χ2v) is 4.95.